The van der Waals surface area contributed by atoms with Gasteiger partial charge in [0.25, 0.3) is 0 Å². The molecule has 0 radical (unpaired) electrons. The quantitative estimate of drug-likeness (QED) is 0.443. The van der Waals surface area contributed by atoms with Crippen molar-refractivity contribution in [2.75, 3.05) is 0 Å². The molecular formula is C24H20O3. The molecule has 0 atom stereocenters. The Bertz CT molecular complexity index is 1160. The fourth-order valence-electron chi connectivity index (χ4n) is 3.12. The number of ether oxygens (including phenoxy) is 1. The lowest BCUT2D eigenvalue weighted by Crippen LogP contribution is -2.03. The lowest BCUT2D eigenvalue weighted by atomic mass is 10.1. The Kier molecular flexibility index (Phi) is 4.51. The van der Waals surface area contributed by atoms with Crippen LogP contribution in [0.2, 0.25) is 0 Å². The molecular weight excluding hydrogens is 336 g/mol. The summed E-state index contributed by atoms with van der Waals surface area (Å²) < 4.78 is 11.5. The Morgan fingerprint density at radius 3 is 2.52 bits per heavy atom. The summed E-state index contributed by atoms with van der Waals surface area (Å²) in [6, 6.07) is 23.3. The average molecular weight is 356 g/mol. The minimum Gasteiger partial charge on any atom is -0.489 e. The first-order chi connectivity index (χ1) is 13.1. The first-order valence-corrected chi connectivity index (χ1v) is 8.92. The summed E-state index contributed by atoms with van der Waals surface area (Å²) in [7, 11) is 0. The monoisotopic (exact) mass is 356 g/mol. The van der Waals surface area contributed by atoms with E-state index in [1.165, 1.54) is 11.1 Å². The van der Waals surface area contributed by atoms with E-state index in [2.05, 4.69) is 32.0 Å². The lowest BCUT2D eigenvalue weighted by molar-refractivity contribution is 0.305. The normalized spacial score (nSPS) is 10.9. The smallest absolute Gasteiger partial charge is 0.344 e. The van der Waals surface area contributed by atoms with Crippen LogP contribution in [-0.4, -0.2) is 0 Å². The molecule has 3 nitrogen and oxygen atoms in total. The van der Waals surface area contributed by atoms with E-state index in [0.29, 0.717) is 23.5 Å². The molecule has 1 aromatic heterocycles. The highest BCUT2D eigenvalue weighted by Crippen LogP contribution is 2.25. The zero-order valence-electron chi connectivity index (χ0n) is 15.4. The van der Waals surface area contributed by atoms with Gasteiger partial charge in [0, 0.05) is 11.5 Å². The molecule has 0 amide bonds. The Balaban J connectivity index is 1.63. The molecule has 4 rings (SSSR count). The Labute approximate surface area is 157 Å². The van der Waals surface area contributed by atoms with Crippen molar-refractivity contribution in [2.45, 2.75) is 20.5 Å². The highest BCUT2D eigenvalue weighted by atomic mass is 16.5. The summed E-state index contributed by atoms with van der Waals surface area (Å²) in [6.07, 6.45) is 0. The van der Waals surface area contributed by atoms with Crippen molar-refractivity contribution < 1.29 is 9.15 Å². The van der Waals surface area contributed by atoms with Gasteiger partial charge in [0.2, 0.25) is 0 Å². The van der Waals surface area contributed by atoms with Crippen molar-refractivity contribution in [3.8, 4) is 16.9 Å². The van der Waals surface area contributed by atoms with Gasteiger partial charge >= 0.3 is 5.63 Å². The van der Waals surface area contributed by atoms with Gasteiger partial charge in [-0.2, -0.15) is 0 Å². The van der Waals surface area contributed by atoms with Crippen LogP contribution in [0.5, 0.6) is 5.75 Å². The Morgan fingerprint density at radius 1 is 0.889 bits per heavy atom. The number of aryl methyl sites for hydroxylation is 2. The molecule has 134 valence electrons. The maximum absolute atomic E-state index is 12.4. The summed E-state index contributed by atoms with van der Waals surface area (Å²) in [5, 5.41) is 0.868. The van der Waals surface area contributed by atoms with Crippen LogP contribution < -0.4 is 10.4 Å². The highest BCUT2D eigenvalue weighted by molar-refractivity contribution is 5.82. The maximum atomic E-state index is 12.4. The molecule has 3 aromatic carbocycles. The molecule has 0 aliphatic heterocycles. The van der Waals surface area contributed by atoms with E-state index in [9.17, 15) is 4.79 Å². The van der Waals surface area contributed by atoms with E-state index in [0.717, 1.165) is 16.5 Å². The summed E-state index contributed by atoms with van der Waals surface area (Å²) in [5.41, 5.74) is 5.14. The predicted molar refractivity (Wildman–Crippen MR) is 108 cm³/mol. The standard InChI is InChI=1S/C24H20O3/c1-16-8-9-17(2)20(12-16)15-26-21-11-10-19-13-22(18-6-4-3-5-7-18)24(25)27-23(19)14-21/h3-14H,15H2,1-2H3. The van der Waals surface area contributed by atoms with Crippen molar-refractivity contribution in [3.05, 3.63) is 99.9 Å². The summed E-state index contributed by atoms with van der Waals surface area (Å²) in [6.45, 7) is 4.62. The van der Waals surface area contributed by atoms with E-state index in [-0.39, 0.29) is 5.63 Å². The van der Waals surface area contributed by atoms with Gasteiger partial charge in [-0.15, -0.1) is 0 Å². The van der Waals surface area contributed by atoms with E-state index in [1.54, 1.807) is 6.07 Å². The molecule has 0 aliphatic rings. The van der Waals surface area contributed by atoms with E-state index in [1.807, 2.05) is 48.5 Å². The lowest BCUT2D eigenvalue weighted by Gasteiger charge is -2.10. The molecule has 0 fully saturated rings. The van der Waals surface area contributed by atoms with Crippen LogP contribution in [0.15, 0.2) is 82.0 Å². The van der Waals surface area contributed by atoms with Crippen LogP contribution in [0.25, 0.3) is 22.1 Å². The van der Waals surface area contributed by atoms with Crippen LogP contribution in [0.4, 0.5) is 0 Å². The first kappa shape index (κ1) is 17.1. The molecule has 0 bridgehead atoms. The highest BCUT2D eigenvalue weighted by Gasteiger charge is 2.09. The minimum absolute atomic E-state index is 0.347. The molecule has 4 aromatic rings. The van der Waals surface area contributed by atoms with E-state index >= 15 is 0 Å². The number of fused-ring (bicyclic) bond motifs is 1. The number of hydrogen-bond acceptors (Lipinski definition) is 3. The molecule has 0 saturated heterocycles. The molecule has 0 unspecified atom stereocenters. The van der Waals surface area contributed by atoms with Crippen molar-refractivity contribution in [1.82, 2.24) is 0 Å². The fraction of sp³-hybridized carbons (Fsp3) is 0.125. The topological polar surface area (TPSA) is 39.4 Å². The Hall–Kier alpha value is -3.33. The van der Waals surface area contributed by atoms with E-state index in [4.69, 9.17) is 9.15 Å². The van der Waals surface area contributed by atoms with Crippen LogP contribution >= 0.6 is 0 Å². The van der Waals surface area contributed by atoms with Crippen LogP contribution in [0, 0.1) is 13.8 Å². The van der Waals surface area contributed by atoms with Gasteiger partial charge in [0.1, 0.15) is 17.9 Å². The molecule has 3 heteroatoms. The molecule has 1 heterocycles. The van der Waals surface area contributed by atoms with Crippen molar-refractivity contribution in [3.63, 3.8) is 0 Å². The second-order valence-corrected chi connectivity index (χ2v) is 6.73. The van der Waals surface area contributed by atoms with Gasteiger partial charge in [-0.1, -0.05) is 54.1 Å². The SMILES string of the molecule is Cc1ccc(C)c(COc2ccc3cc(-c4ccccc4)c(=O)oc3c2)c1. The van der Waals surface area contributed by atoms with Gasteiger partial charge in [-0.25, -0.2) is 4.79 Å². The van der Waals surface area contributed by atoms with Crippen molar-refractivity contribution >= 4 is 11.0 Å². The predicted octanol–water partition coefficient (Wildman–Crippen LogP) is 5.66. The second kappa shape index (κ2) is 7.12. The molecule has 0 N–H and O–H groups in total. The second-order valence-electron chi connectivity index (χ2n) is 6.73. The van der Waals surface area contributed by atoms with Gasteiger partial charge in [-0.05, 0) is 48.7 Å². The molecule has 0 saturated carbocycles. The maximum Gasteiger partial charge on any atom is 0.344 e. The van der Waals surface area contributed by atoms with Gasteiger partial charge in [0.05, 0.1) is 5.56 Å². The third-order valence-corrected chi connectivity index (χ3v) is 4.69. The van der Waals surface area contributed by atoms with Crippen LogP contribution in [0.1, 0.15) is 16.7 Å². The largest absolute Gasteiger partial charge is 0.489 e. The average Bonchev–Trinajstić information content (AvgIpc) is 2.68. The van der Waals surface area contributed by atoms with Crippen LogP contribution in [-0.2, 0) is 6.61 Å². The molecule has 0 spiro atoms. The fourth-order valence-corrected chi connectivity index (χ4v) is 3.12. The third kappa shape index (κ3) is 3.63. The zero-order chi connectivity index (χ0) is 18.8. The number of hydrogen-bond donors (Lipinski definition) is 0. The van der Waals surface area contributed by atoms with Crippen molar-refractivity contribution in [1.29, 1.82) is 0 Å². The summed E-state index contributed by atoms with van der Waals surface area (Å²) in [4.78, 5) is 12.4. The van der Waals surface area contributed by atoms with Gasteiger partial charge < -0.3 is 9.15 Å². The minimum atomic E-state index is -0.347. The number of rotatable bonds is 4. The van der Waals surface area contributed by atoms with Gasteiger partial charge in [0.15, 0.2) is 0 Å². The molecule has 0 aliphatic carbocycles. The number of benzene rings is 3. The zero-order valence-corrected chi connectivity index (χ0v) is 15.4. The third-order valence-electron chi connectivity index (χ3n) is 4.69. The Morgan fingerprint density at radius 2 is 1.70 bits per heavy atom. The van der Waals surface area contributed by atoms with E-state index < -0.39 is 0 Å². The molecule has 27 heavy (non-hydrogen) atoms. The van der Waals surface area contributed by atoms with Crippen LogP contribution in [0.3, 0.4) is 0 Å². The first-order valence-electron chi connectivity index (χ1n) is 8.92. The summed E-state index contributed by atoms with van der Waals surface area (Å²) in [5.74, 6) is 0.680. The van der Waals surface area contributed by atoms with Crippen molar-refractivity contribution in [2.24, 2.45) is 0 Å². The summed E-state index contributed by atoms with van der Waals surface area (Å²) >= 11 is 0. The van der Waals surface area contributed by atoms with Gasteiger partial charge in [-0.3, -0.25) is 0 Å².